The molecule has 0 saturated heterocycles. The van der Waals surface area contributed by atoms with E-state index in [1.807, 2.05) is 35.7 Å². The Balaban J connectivity index is 1.61. The zero-order valence-corrected chi connectivity index (χ0v) is 15.9. The maximum Gasteiger partial charge on any atom is 0.270 e. The Bertz CT molecular complexity index is 1170. The fourth-order valence-electron chi connectivity index (χ4n) is 2.54. The maximum atomic E-state index is 12.6. The second-order valence-electron chi connectivity index (χ2n) is 5.54. The van der Waals surface area contributed by atoms with Gasteiger partial charge in [-0.2, -0.15) is 0 Å². The van der Waals surface area contributed by atoms with Gasteiger partial charge in [-0.05, 0) is 6.07 Å². The van der Waals surface area contributed by atoms with Gasteiger partial charge in [-0.3, -0.25) is 20.2 Å². The molecule has 0 aliphatic rings. The molecule has 0 atom stereocenters. The van der Waals surface area contributed by atoms with Crippen LogP contribution in [0.5, 0.6) is 0 Å². The molecule has 134 valence electrons. The van der Waals surface area contributed by atoms with Crippen molar-refractivity contribution in [3.05, 3.63) is 73.9 Å². The molecule has 0 aliphatic carbocycles. The van der Waals surface area contributed by atoms with Gasteiger partial charge in [0.1, 0.15) is 4.88 Å². The van der Waals surface area contributed by atoms with Gasteiger partial charge in [-0.1, -0.05) is 41.9 Å². The molecule has 1 amide bonds. The minimum atomic E-state index is -0.479. The number of aromatic nitrogens is 1. The van der Waals surface area contributed by atoms with Crippen molar-refractivity contribution in [1.82, 2.24) is 4.98 Å². The molecule has 2 aromatic heterocycles. The van der Waals surface area contributed by atoms with Gasteiger partial charge in [0.25, 0.3) is 11.6 Å². The van der Waals surface area contributed by atoms with Gasteiger partial charge in [0.15, 0.2) is 5.13 Å². The monoisotopic (exact) mass is 415 g/mol. The number of amides is 1. The van der Waals surface area contributed by atoms with E-state index in [4.69, 9.17) is 11.6 Å². The van der Waals surface area contributed by atoms with Crippen molar-refractivity contribution in [3.8, 4) is 11.3 Å². The Morgan fingerprint density at radius 3 is 2.70 bits per heavy atom. The maximum absolute atomic E-state index is 12.6. The van der Waals surface area contributed by atoms with Crippen molar-refractivity contribution in [1.29, 1.82) is 0 Å². The molecule has 27 heavy (non-hydrogen) atoms. The molecule has 4 rings (SSSR count). The number of thiazole rings is 1. The first-order chi connectivity index (χ1) is 13.0. The number of fused-ring (bicyclic) bond motifs is 1. The highest BCUT2D eigenvalue weighted by Gasteiger charge is 2.20. The molecular formula is C18H10ClN3O3S2. The van der Waals surface area contributed by atoms with Crippen molar-refractivity contribution < 1.29 is 9.72 Å². The number of carbonyl (C=O) groups excluding carboxylic acids is 1. The number of nitro groups is 1. The van der Waals surface area contributed by atoms with Gasteiger partial charge in [-0.15, -0.1) is 22.7 Å². The molecule has 4 aromatic rings. The Morgan fingerprint density at radius 1 is 1.19 bits per heavy atom. The third-order valence-electron chi connectivity index (χ3n) is 3.82. The third kappa shape index (κ3) is 3.42. The molecule has 1 N–H and O–H groups in total. The summed E-state index contributed by atoms with van der Waals surface area (Å²) in [5.74, 6) is -0.391. The Kier molecular flexibility index (Phi) is 4.61. The van der Waals surface area contributed by atoms with E-state index in [2.05, 4.69) is 10.3 Å². The third-order valence-corrected chi connectivity index (χ3v) is 6.24. The second-order valence-corrected chi connectivity index (χ2v) is 7.83. The summed E-state index contributed by atoms with van der Waals surface area (Å²) in [5.41, 5.74) is 1.69. The van der Waals surface area contributed by atoms with Crippen molar-refractivity contribution in [2.75, 3.05) is 5.32 Å². The molecule has 2 heterocycles. The summed E-state index contributed by atoms with van der Waals surface area (Å²) in [7, 11) is 0. The van der Waals surface area contributed by atoms with E-state index in [9.17, 15) is 14.9 Å². The number of nitrogens with zero attached hydrogens (tertiary/aromatic N) is 2. The van der Waals surface area contributed by atoms with Crippen LogP contribution in [-0.2, 0) is 0 Å². The molecule has 0 fully saturated rings. The number of carbonyl (C=O) groups is 1. The summed E-state index contributed by atoms with van der Waals surface area (Å²) in [4.78, 5) is 27.8. The van der Waals surface area contributed by atoms with E-state index >= 15 is 0 Å². The molecule has 0 radical (unpaired) electrons. The van der Waals surface area contributed by atoms with Gasteiger partial charge >= 0.3 is 0 Å². The van der Waals surface area contributed by atoms with Gasteiger partial charge in [0.2, 0.25) is 0 Å². The zero-order valence-electron chi connectivity index (χ0n) is 13.5. The fraction of sp³-hybridized carbons (Fsp3) is 0. The summed E-state index contributed by atoms with van der Waals surface area (Å²) >= 11 is 8.74. The van der Waals surface area contributed by atoms with Gasteiger partial charge in [0, 0.05) is 33.2 Å². The van der Waals surface area contributed by atoms with Crippen LogP contribution in [-0.4, -0.2) is 15.8 Å². The van der Waals surface area contributed by atoms with E-state index in [1.54, 1.807) is 6.07 Å². The first-order valence-corrected chi connectivity index (χ1v) is 9.79. The SMILES string of the molecule is O=C(Nc1nc(-c2ccccc2)cs1)c1sc2cc([N+](=O)[O-])ccc2c1Cl. The standard InChI is InChI=1S/C18H10ClN3O3S2/c19-15-12-7-6-11(22(24)25)8-14(12)27-16(15)17(23)21-18-20-13(9-26-18)10-4-2-1-3-5-10/h1-9H,(H,20,21,23). The van der Waals surface area contributed by atoms with Crippen LogP contribution in [0.4, 0.5) is 10.8 Å². The minimum absolute atomic E-state index is 0.0419. The van der Waals surface area contributed by atoms with Crippen LogP contribution in [0.1, 0.15) is 9.67 Å². The first-order valence-electron chi connectivity index (χ1n) is 7.71. The van der Waals surface area contributed by atoms with Gasteiger partial charge in [-0.25, -0.2) is 4.98 Å². The second kappa shape index (κ2) is 7.07. The van der Waals surface area contributed by atoms with E-state index in [0.717, 1.165) is 22.6 Å². The number of rotatable bonds is 4. The van der Waals surface area contributed by atoms with E-state index in [1.165, 1.54) is 23.5 Å². The number of hydrogen-bond donors (Lipinski definition) is 1. The Morgan fingerprint density at radius 2 is 1.96 bits per heavy atom. The first kappa shape index (κ1) is 17.6. The lowest BCUT2D eigenvalue weighted by molar-refractivity contribution is -0.384. The average molecular weight is 416 g/mol. The molecule has 9 heteroatoms. The summed E-state index contributed by atoms with van der Waals surface area (Å²) in [6.07, 6.45) is 0. The topological polar surface area (TPSA) is 85.1 Å². The number of nitro benzene ring substituents is 1. The highest BCUT2D eigenvalue weighted by atomic mass is 35.5. The molecule has 0 unspecified atom stereocenters. The number of hydrogen-bond acceptors (Lipinski definition) is 6. The molecule has 0 bridgehead atoms. The zero-order chi connectivity index (χ0) is 19.0. The summed E-state index contributed by atoms with van der Waals surface area (Å²) in [6.45, 7) is 0. The quantitative estimate of drug-likeness (QED) is 0.335. The van der Waals surface area contributed by atoms with Crippen molar-refractivity contribution >= 4 is 61.1 Å². The molecule has 2 aromatic carbocycles. The summed E-state index contributed by atoms with van der Waals surface area (Å²) < 4.78 is 0.587. The number of halogens is 1. The van der Waals surface area contributed by atoms with Crippen molar-refractivity contribution in [2.24, 2.45) is 0 Å². The van der Waals surface area contributed by atoms with Crippen LogP contribution < -0.4 is 5.32 Å². The summed E-state index contributed by atoms with van der Waals surface area (Å²) in [6, 6.07) is 14.0. The van der Waals surface area contributed by atoms with Crippen LogP contribution in [0.25, 0.3) is 21.3 Å². The predicted molar refractivity (Wildman–Crippen MR) is 109 cm³/mol. The van der Waals surface area contributed by atoms with Crippen LogP contribution in [0.2, 0.25) is 5.02 Å². The minimum Gasteiger partial charge on any atom is -0.297 e. The number of benzene rings is 2. The number of thiophene rings is 1. The number of nitrogens with one attached hydrogen (secondary N) is 1. The van der Waals surface area contributed by atoms with E-state index in [-0.39, 0.29) is 10.7 Å². The van der Waals surface area contributed by atoms with Crippen LogP contribution in [0.3, 0.4) is 0 Å². The highest BCUT2D eigenvalue weighted by Crippen LogP contribution is 2.37. The van der Waals surface area contributed by atoms with Crippen molar-refractivity contribution in [2.45, 2.75) is 0 Å². The van der Waals surface area contributed by atoms with Gasteiger partial charge < -0.3 is 0 Å². The molecular weight excluding hydrogens is 406 g/mol. The molecule has 6 nitrogen and oxygen atoms in total. The van der Waals surface area contributed by atoms with E-state index < -0.39 is 10.8 Å². The molecule has 0 aliphatic heterocycles. The van der Waals surface area contributed by atoms with Crippen LogP contribution >= 0.6 is 34.3 Å². The lowest BCUT2D eigenvalue weighted by Crippen LogP contribution is -2.10. The molecule has 0 spiro atoms. The predicted octanol–water partition coefficient (Wildman–Crippen LogP) is 5.84. The Hall–Kier alpha value is -2.81. The fourth-order valence-corrected chi connectivity index (χ4v) is 4.70. The van der Waals surface area contributed by atoms with E-state index in [0.29, 0.717) is 20.1 Å². The van der Waals surface area contributed by atoms with Gasteiger partial charge in [0.05, 0.1) is 15.6 Å². The van der Waals surface area contributed by atoms with Crippen LogP contribution in [0.15, 0.2) is 53.9 Å². The average Bonchev–Trinajstić information content (AvgIpc) is 3.27. The number of non-ortho nitro benzene ring substituents is 1. The van der Waals surface area contributed by atoms with Crippen molar-refractivity contribution in [3.63, 3.8) is 0 Å². The largest absolute Gasteiger partial charge is 0.297 e. The summed E-state index contributed by atoms with van der Waals surface area (Å²) in [5, 5.41) is 16.9. The lowest BCUT2D eigenvalue weighted by atomic mass is 10.2. The molecule has 0 saturated carbocycles. The highest BCUT2D eigenvalue weighted by molar-refractivity contribution is 7.22. The lowest BCUT2D eigenvalue weighted by Gasteiger charge is -1.99. The number of anilines is 1. The van der Waals surface area contributed by atoms with Crippen LogP contribution in [0, 0.1) is 10.1 Å². The smallest absolute Gasteiger partial charge is 0.270 e. The Labute approximate surface area is 166 Å². The normalized spacial score (nSPS) is 10.9.